The molecule has 0 aliphatic heterocycles. The normalized spacial score (nSPS) is 13.4. The number of aryl methyl sites for hydroxylation is 2. The van der Waals surface area contributed by atoms with Gasteiger partial charge in [-0.1, -0.05) is 11.8 Å². The average molecular weight is 430 g/mol. The van der Waals surface area contributed by atoms with Crippen molar-refractivity contribution in [3.63, 3.8) is 0 Å². The van der Waals surface area contributed by atoms with Crippen LogP contribution in [0, 0.1) is 0 Å². The lowest BCUT2D eigenvalue weighted by Crippen LogP contribution is -2.22. The second kappa shape index (κ2) is 8.59. The molecule has 0 unspecified atom stereocenters. The maximum Gasteiger partial charge on any atom is 0.267 e. The van der Waals surface area contributed by atoms with Crippen molar-refractivity contribution >= 4 is 39.2 Å². The van der Waals surface area contributed by atoms with E-state index in [2.05, 4.69) is 0 Å². The number of hydrogen-bond donors (Lipinski definition) is 1. The summed E-state index contributed by atoms with van der Waals surface area (Å²) in [6.07, 6.45) is 4.46. The zero-order valence-corrected chi connectivity index (χ0v) is 17.9. The van der Waals surface area contributed by atoms with E-state index in [9.17, 15) is 9.59 Å². The summed E-state index contributed by atoms with van der Waals surface area (Å²) in [4.78, 5) is 31.7. The molecule has 152 valence electrons. The lowest BCUT2D eigenvalue weighted by atomic mass is 9.97. The standard InChI is InChI=1S/C21H23N3O3S2/c1-2-27-14-9-7-13(8-10-14)24-20(26)18-15-5-3-4-6-16(15)29-19(18)23-21(24)28-12-11-17(22)25/h7-10H,2-6,11-12H2,1H3,(H2,22,25). The minimum Gasteiger partial charge on any atom is -0.494 e. The summed E-state index contributed by atoms with van der Waals surface area (Å²) < 4.78 is 7.18. The van der Waals surface area contributed by atoms with Crippen molar-refractivity contribution < 1.29 is 9.53 Å². The molecule has 0 radical (unpaired) electrons. The van der Waals surface area contributed by atoms with Crippen molar-refractivity contribution in [1.82, 2.24) is 9.55 Å². The number of carbonyl (C=O) groups is 1. The molecular weight excluding hydrogens is 406 g/mol. The Morgan fingerprint density at radius 2 is 2.03 bits per heavy atom. The molecule has 29 heavy (non-hydrogen) atoms. The van der Waals surface area contributed by atoms with Crippen LogP contribution in [0.3, 0.4) is 0 Å². The van der Waals surface area contributed by atoms with Crippen molar-refractivity contribution in [2.24, 2.45) is 5.73 Å². The van der Waals surface area contributed by atoms with E-state index in [0.29, 0.717) is 17.5 Å². The van der Waals surface area contributed by atoms with Gasteiger partial charge < -0.3 is 10.5 Å². The summed E-state index contributed by atoms with van der Waals surface area (Å²) in [7, 11) is 0. The van der Waals surface area contributed by atoms with Crippen molar-refractivity contribution in [3.8, 4) is 11.4 Å². The van der Waals surface area contributed by atoms with Gasteiger partial charge in [-0.05, 0) is 62.4 Å². The number of hydrogen-bond acceptors (Lipinski definition) is 6. The van der Waals surface area contributed by atoms with Gasteiger partial charge in [0.25, 0.3) is 5.56 Å². The molecule has 6 nitrogen and oxygen atoms in total. The van der Waals surface area contributed by atoms with E-state index in [-0.39, 0.29) is 17.9 Å². The number of rotatable bonds is 7. The summed E-state index contributed by atoms with van der Waals surface area (Å²) in [6.45, 7) is 2.52. The molecule has 0 fully saturated rings. The van der Waals surface area contributed by atoms with E-state index in [4.69, 9.17) is 15.5 Å². The van der Waals surface area contributed by atoms with Crippen LogP contribution in [0.25, 0.3) is 15.9 Å². The zero-order valence-electron chi connectivity index (χ0n) is 16.3. The van der Waals surface area contributed by atoms with Crippen LogP contribution in [0.15, 0.2) is 34.2 Å². The van der Waals surface area contributed by atoms with Gasteiger partial charge in [-0.25, -0.2) is 4.98 Å². The van der Waals surface area contributed by atoms with E-state index >= 15 is 0 Å². The quantitative estimate of drug-likeness (QED) is 0.457. The molecular formula is C21H23N3O3S2. The second-order valence-electron chi connectivity index (χ2n) is 6.92. The van der Waals surface area contributed by atoms with Crippen molar-refractivity contribution in [3.05, 3.63) is 45.1 Å². The van der Waals surface area contributed by atoms with Crippen molar-refractivity contribution in [2.75, 3.05) is 12.4 Å². The molecule has 0 bridgehead atoms. The van der Waals surface area contributed by atoms with Gasteiger partial charge in [0.2, 0.25) is 5.91 Å². The molecule has 8 heteroatoms. The van der Waals surface area contributed by atoms with Gasteiger partial charge in [0.15, 0.2) is 5.16 Å². The Morgan fingerprint density at radius 3 is 2.76 bits per heavy atom. The molecule has 0 atom stereocenters. The van der Waals surface area contributed by atoms with E-state index < -0.39 is 0 Å². The van der Waals surface area contributed by atoms with Gasteiger partial charge in [0.05, 0.1) is 17.7 Å². The SMILES string of the molecule is CCOc1ccc(-n2c(SCCC(N)=O)nc3sc4c(c3c2=O)CCCC4)cc1. The topological polar surface area (TPSA) is 87.2 Å². The van der Waals surface area contributed by atoms with Crippen LogP contribution in [0.2, 0.25) is 0 Å². The summed E-state index contributed by atoms with van der Waals surface area (Å²) in [5.74, 6) is 0.879. The fraction of sp³-hybridized carbons (Fsp3) is 0.381. The van der Waals surface area contributed by atoms with Crippen LogP contribution >= 0.6 is 23.1 Å². The number of primary amides is 1. The third-order valence-corrected chi connectivity index (χ3v) is 7.07. The van der Waals surface area contributed by atoms with Crippen LogP contribution < -0.4 is 16.0 Å². The smallest absolute Gasteiger partial charge is 0.267 e. The number of thioether (sulfide) groups is 1. The average Bonchev–Trinajstić information content (AvgIpc) is 3.07. The van der Waals surface area contributed by atoms with E-state index in [1.807, 2.05) is 31.2 Å². The van der Waals surface area contributed by atoms with Gasteiger partial charge in [-0.15, -0.1) is 11.3 Å². The molecule has 1 aliphatic rings. The van der Waals surface area contributed by atoms with E-state index in [1.54, 1.807) is 15.9 Å². The van der Waals surface area contributed by atoms with Crippen LogP contribution in [0.5, 0.6) is 5.75 Å². The molecule has 2 aromatic heterocycles. The molecule has 1 amide bonds. The van der Waals surface area contributed by atoms with Crippen LogP contribution in [-0.2, 0) is 17.6 Å². The minimum absolute atomic E-state index is 0.0415. The van der Waals surface area contributed by atoms with Crippen LogP contribution in [0.4, 0.5) is 0 Å². The minimum atomic E-state index is -0.361. The number of nitrogens with zero attached hydrogens (tertiary/aromatic N) is 2. The summed E-state index contributed by atoms with van der Waals surface area (Å²) >= 11 is 3.02. The van der Waals surface area contributed by atoms with E-state index in [0.717, 1.165) is 47.3 Å². The maximum absolute atomic E-state index is 13.6. The van der Waals surface area contributed by atoms with Gasteiger partial charge in [-0.3, -0.25) is 14.2 Å². The Morgan fingerprint density at radius 1 is 1.28 bits per heavy atom. The highest BCUT2D eigenvalue weighted by Gasteiger charge is 2.23. The number of benzene rings is 1. The lowest BCUT2D eigenvalue weighted by Gasteiger charge is -2.14. The molecule has 0 saturated carbocycles. The van der Waals surface area contributed by atoms with Gasteiger partial charge in [0, 0.05) is 17.1 Å². The molecule has 2 heterocycles. The van der Waals surface area contributed by atoms with Crippen molar-refractivity contribution in [1.29, 1.82) is 0 Å². The number of thiophene rings is 1. The first-order valence-electron chi connectivity index (χ1n) is 9.80. The number of amides is 1. The van der Waals surface area contributed by atoms with Crippen molar-refractivity contribution in [2.45, 2.75) is 44.2 Å². The van der Waals surface area contributed by atoms with Gasteiger partial charge in [-0.2, -0.15) is 0 Å². The molecule has 2 N–H and O–H groups in total. The van der Waals surface area contributed by atoms with Crippen LogP contribution in [0.1, 0.15) is 36.6 Å². The van der Waals surface area contributed by atoms with Gasteiger partial charge in [0.1, 0.15) is 10.6 Å². The Hall–Kier alpha value is -2.32. The molecule has 0 saturated heterocycles. The summed E-state index contributed by atoms with van der Waals surface area (Å²) in [6, 6.07) is 7.46. The third-order valence-electron chi connectivity index (χ3n) is 4.94. The first-order chi connectivity index (χ1) is 14.1. The molecule has 4 rings (SSSR count). The number of fused-ring (bicyclic) bond motifs is 3. The Labute approximate surface area is 177 Å². The Bertz CT molecular complexity index is 1100. The summed E-state index contributed by atoms with van der Waals surface area (Å²) in [5.41, 5.74) is 7.15. The second-order valence-corrected chi connectivity index (χ2v) is 9.06. The maximum atomic E-state index is 13.6. The first kappa shape index (κ1) is 20.0. The highest BCUT2D eigenvalue weighted by molar-refractivity contribution is 7.99. The zero-order chi connectivity index (χ0) is 20.4. The number of nitrogens with two attached hydrogens (primary N) is 1. The van der Waals surface area contributed by atoms with Crippen LogP contribution in [-0.4, -0.2) is 27.8 Å². The van der Waals surface area contributed by atoms with E-state index in [1.165, 1.54) is 22.2 Å². The number of ether oxygens (including phenoxy) is 1. The molecule has 1 aliphatic carbocycles. The van der Waals surface area contributed by atoms with Gasteiger partial charge >= 0.3 is 0 Å². The fourth-order valence-electron chi connectivity index (χ4n) is 3.61. The molecule has 0 spiro atoms. The highest BCUT2D eigenvalue weighted by atomic mass is 32.2. The fourth-order valence-corrected chi connectivity index (χ4v) is 5.88. The Kier molecular flexibility index (Phi) is 5.91. The molecule has 1 aromatic carbocycles. The lowest BCUT2D eigenvalue weighted by molar-refractivity contribution is -0.117. The first-order valence-corrected chi connectivity index (χ1v) is 11.6. The largest absolute Gasteiger partial charge is 0.494 e. The highest BCUT2D eigenvalue weighted by Crippen LogP contribution is 2.35. The monoisotopic (exact) mass is 429 g/mol. The number of carbonyl (C=O) groups excluding carboxylic acids is 1. The predicted octanol–water partition coefficient (Wildman–Crippen LogP) is 3.69. The molecule has 3 aromatic rings. The summed E-state index contributed by atoms with van der Waals surface area (Å²) in [5, 5.41) is 1.34. The number of aromatic nitrogens is 2. The Balaban J connectivity index is 1.85. The predicted molar refractivity (Wildman–Crippen MR) is 118 cm³/mol. The third kappa shape index (κ3) is 4.04.